The quantitative estimate of drug-likeness (QED) is 0.0487. The maximum absolute atomic E-state index is 12.3. The van der Waals surface area contributed by atoms with Gasteiger partial charge in [0.25, 0.3) is 0 Å². The summed E-state index contributed by atoms with van der Waals surface area (Å²) < 4.78 is 0. The van der Waals surface area contributed by atoms with Gasteiger partial charge in [0.2, 0.25) is 5.91 Å². The summed E-state index contributed by atoms with van der Waals surface area (Å²) in [7, 11) is 0. The number of amides is 1. The van der Waals surface area contributed by atoms with Gasteiger partial charge in [0, 0.05) is 6.42 Å². The third-order valence-electron chi connectivity index (χ3n) is 9.56. The third kappa shape index (κ3) is 31.1. The molecular weight excluding hydrogens is 542 g/mol. The van der Waals surface area contributed by atoms with Crippen LogP contribution >= 0.6 is 0 Å². The van der Waals surface area contributed by atoms with E-state index in [1.165, 1.54) is 161 Å². The Labute approximate surface area is 276 Å². The number of aliphatic hydroxyl groups is 2. The molecule has 4 heteroatoms. The van der Waals surface area contributed by atoms with Gasteiger partial charge in [0.1, 0.15) is 0 Å². The number of unbranched alkanes of at least 4 members (excludes halogenated alkanes) is 25. The first kappa shape index (κ1) is 43.1. The fourth-order valence-corrected chi connectivity index (χ4v) is 6.09. The largest absolute Gasteiger partial charge is 0.394 e. The number of carbonyl (C=O) groups is 1. The van der Waals surface area contributed by atoms with Crippen molar-refractivity contribution in [1.82, 2.24) is 5.32 Å². The van der Waals surface area contributed by atoms with Gasteiger partial charge < -0.3 is 15.5 Å². The molecule has 262 valence electrons. The van der Waals surface area contributed by atoms with Crippen molar-refractivity contribution < 1.29 is 15.0 Å². The van der Waals surface area contributed by atoms with Crippen molar-refractivity contribution in [2.45, 2.75) is 226 Å². The summed E-state index contributed by atoms with van der Waals surface area (Å²) in [6.45, 7) is 6.66. The van der Waals surface area contributed by atoms with Crippen LogP contribution in [0.3, 0.4) is 0 Å². The lowest BCUT2D eigenvalue weighted by Crippen LogP contribution is -2.45. The lowest BCUT2D eigenvalue weighted by Gasteiger charge is -2.20. The van der Waals surface area contributed by atoms with Gasteiger partial charge in [0.05, 0.1) is 18.8 Å². The highest BCUT2D eigenvalue weighted by Gasteiger charge is 2.17. The molecule has 4 nitrogen and oxygen atoms in total. The van der Waals surface area contributed by atoms with Crippen molar-refractivity contribution in [3.63, 3.8) is 0 Å². The molecule has 0 radical (unpaired) electrons. The van der Waals surface area contributed by atoms with Crippen LogP contribution in [0.25, 0.3) is 0 Å². The maximum atomic E-state index is 12.3. The van der Waals surface area contributed by atoms with Crippen LogP contribution in [0.4, 0.5) is 0 Å². The van der Waals surface area contributed by atoms with Gasteiger partial charge in [-0.3, -0.25) is 4.79 Å². The van der Waals surface area contributed by atoms with Gasteiger partial charge in [-0.05, 0) is 25.2 Å². The minimum atomic E-state index is -0.834. The molecule has 0 spiro atoms. The zero-order chi connectivity index (χ0) is 32.4. The Balaban J connectivity index is 3.54. The third-order valence-corrected chi connectivity index (χ3v) is 9.56. The topological polar surface area (TPSA) is 69.6 Å². The predicted octanol–water partition coefficient (Wildman–Crippen LogP) is 11.8. The number of hydrogen-bond acceptors (Lipinski definition) is 3. The molecule has 1 unspecified atom stereocenters. The van der Waals surface area contributed by atoms with Gasteiger partial charge in [-0.25, -0.2) is 0 Å². The van der Waals surface area contributed by atoms with E-state index in [2.05, 4.69) is 26.1 Å². The van der Waals surface area contributed by atoms with Crippen molar-refractivity contribution in [1.29, 1.82) is 0 Å². The van der Waals surface area contributed by atoms with Crippen molar-refractivity contribution in [2.75, 3.05) is 6.61 Å². The maximum Gasteiger partial charge on any atom is 0.220 e. The zero-order valence-corrected chi connectivity index (χ0v) is 30.1. The molecule has 3 N–H and O–H groups in total. The van der Waals surface area contributed by atoms with E-state index in [0.717, 1.165) is 31.6 Å². The number of carbonyl (C=O) groups excluding carboxylic acids is 1. The molecule has 0 aromatic carbocycles. The molecule has 0 aromatic heterocycles. The lowest BCUT2D eigenvalue weighted by molar-refractivity contribution is -0.123. The van der Waals surface area contributed by atoms with Gasteiger partial charge in [0.15, 0.2) is 0 Å². The minimum absolute atomic E-state index is 0.0627. The van der Waals surface area contributed by atoms with E-state index < -0.39 is 12.1 Å². The highest BCUT2D eigenvalue weighted by Crippen LogP contribution is 2.16. The van der Waals surface area contributed by atoms with Gasteiger partial charge >= 0.3 is 0 Å². The average Bonchev–Trinajstić information content (AvgIpc) is 3.03. The fourth-order valence-electron chi connectivity index (χ4n) is 6.09. The SMILES string of the molecule is CCCCCCCCCCCCCCCCCCCCCCC(=O)N[C@@H](CO)[C@H](O)/C=C/CCCCCCCCC(C)CC. The van der Waals surface area contributed by atoms with Crippen molar-refractivity contribution in [3.8, 4) is 0 Å². The van der Waals surface area contributed by atoms with Crippen LogP contribution < -0.4 is 5.32 Å². The summed E-state index contributed by atoms with van der Waals surface area (Å²) in [5.41, 5.74) is 0. The Morgan fingerprint density at radius 1 is 0.614 bits per heavy atom. The van der Waals surface area contributed by atoms with Gasteiger partial charge in [-0.2, -0.15) is 0 Å². The summed E-state index contributed by atoms with van der Waals surface area (Å²) >= 11 is 0. The van der Waals surface area contributed by atoms with Crippen LogP contribution in [0.15, 0.2) is 12.2 Å². The number of nitrogens with one attached hydrogen (secondary N) is 1. The highest BCUT2D eigenvalue weighted by molar-refractivity contribution is 5.76. The van der Waals surface area contributed by atoms with Crippen molar-refractivity contribution in [3.05, 3.63) is 12.2 Å². The standard InChI is InChI=1S/C40H79NO3/c1-4-6-7-8-9-10-11-12-13-14-15-16-17-18-19-20-21-26-29-32-35-40(44)41-38(36-42)39(43)34-31-28-25-23-22-24-27-30-33-37(3)5-2/h31,34,37-39,42-43H,4-30,32-33,35-36H2,1-3H3,(H,41,44)/b34-31+/t37?,38-,39+/m0/s1. The lowest BCUT2D eigenvalue weighted by atomic mass is 10.00. The number of aliphatic hydroxyl groups excluding tert-OH is 2. The summed E-state index contributed by atoms with van der Waals surface area (Å²) in [4.78, 5) is 12.3. The molecular formula is C40H79NO3. The summed E-state index contributed by atoms with van der Waals surface area (Å²) in [5.74, 6) is 0.801. The van der Waals surface area contributed by atoms with Crippen LogP contribution in [-0.4, -0.2) is 34.9 Å². The fraction of sp³-hybridized carbons (Fsp3) is 0.925. The average molecular weight is 622 g/mol. The minimum Gasteiger partial charge on any atom is -0.394 e. The molecule has 0 aliphatic rings. The molecule has 0 saturated heterocycles. The summed E-state index contributed by atoms with van der Waals surface area (Å²) in [6.07, 6.45) is 41.6. The molecule has 0 saturated carbocycles. The monoisotopic (exact) mass is 622 g/mol. The second kappa shape index (κ2) is 35.0. The molecule has 0 bridgehead atoms. The van der Waals surface area contributed by atoms with Crippen LogP contribution in [0.2, 0.25) is 0 Å². The molecule has 0 aliphatic carbocycles. The summed E-state index contributed by atoms with van der Waals surface area (Å²) in [5, 5.41) is 22.9. The first-order chi connectivity index (χ1) is 21.5. The molecule has 0 aliphatic heterocycles. The van der Waals surface area contributed by atoms with Crippen LogP contribution in [0, 0.1) is 5.92 Å². The van der Waals surface area contributed by atoms with E-state index >= 15 is 0 Å². The normalized spacial score (nSPS) is 13.8. The van der Waals surface area contributed by atoms with E-state index in [1.54, 1.807) is 6.08 Å². The van der Waals surface area contributed by atoms with E-state index in [4.69, 9.17) is 0 Å². The first-order valence-electron chi connectivity index (χ1n) is 19.8. The molecule has 3 atom stereocenters. The molecule has 1 amide bonds. The highest BCUT2D eigenvalue weighted by atomic mass is 16.3. The Hall–Kier alpha value is -0.870. The molecule has 44 heavy (non-hydrogen) atoms. The number of rotatable bonds is 35. The van der Waals surface area contributed by atoms with Gasteiger partial charge in [-0.15, -0.1) is 0 Å². The Kier molecular flexibility index (Phi) is 34.3. The summed E-state index contributed by atoms with van der Waals surface area (Å²) in [6, 6.07) is -0.616. The molecule has 0 rings (SSSR count). The molecule has 0 fully saturated rings. The van der Waals surface area contributed by atoms with E-state index in [1.807, 2.05) is 6.08 Å². The van der Waals surface area contributed by atoms with E-state index in [9.17, 15) is 15.0 Å². The smallest absolute Gasteiger partial charge is 0.220 e. The first-order valence-corrected chi connectivity index (χ1v) is 19.8. The predicted molar refractivity (Wildman–Crippen MR) is 193 cm³/mol. The van der Waals surface area contributed by atoms with Gasteiger partial charge in [-0.1, -0.05) is 200 Å². The van der Waals surface area contributed by atoms with Crippen LogP contribution in [-0.2, 0) is 4.79 Å². The van der Waals surface area contributed by atoms with Crippen molar-refractivity contribution >= 4 is 5.91 Å². The van der Waals surface area contributed by atoms with Crippen LogP contribution in [0.1, 0.15) is 213 Å². The van der Waals surface area contributed by atoms with E-state index in [0.29, 0.717) is 6.42 Å². The van der Waals surface area contributed by atoms with E-state index in [-0.39, 0.29) is 12.5 Å². The number of allylic oxidation sites excluding steroid dienone is 1. The number of hydrogen-bond donors (Lipinski definition) is 3. The molecule has 0 heterocycles. The zero-order valence-electron chi connectivity index (χ0n) is 30.1. The Morgan fingerprint density at radius 2 is 1.02 bits per heavy atom. The van der Waals surface area contributed by atoms with Crippen LogP contribution in [0.5, 0.6) is 0 Å². The Bertz CT molecular complexity index is 607. The van der Waals surface area contributed by atoms with Crippen molar-refractivity contribution in [2.24, 2.45) is 5.92 Å². The Morgan fingerprint density at radius 3 is 1.45 bits per heavy atom. The second-order valence-corrected chi connectivity index (χ2v) is 14.0. The molecule has 0 aromatic rings. The second-order valence-electron chi connectivity index (χ2n) is 14.0.